The summed E-state index contributed by atoms with van der Waals surface area (Å²) in [5.41, 5.74) is 0. The number of carbonyl (C=O) groups excluding carboxylic acids is 3. The molecule has 0 aromatic carbocycles. The van der Waals surface area contributed by atoms with Crippen molar-refractivity contribution in [2.45, 2.75) is 277 Å². The van der Waals surface area contributed by atoms with E-state index < -0.39 is 6.10 Å². The average molecular weight is 1000 g/mol. The first kappa shape index (κ1) is 68.1. The maximum atomic E-state index is 12.9. The highest BCUT2D eigenvalue weighted by Crippen LogP contribution is 2.14. The van der Waals surface area contributed by atoms with Gasteiger partial charge in [-0.05, 0) is 96.3 Å². The highest BCUT2D eigenvalue weighted by atomic mass is 16.6. The minimum atomic E-state index is -0.817. The molecule has 0 heterocycles. The van der Waals surface area contributed by atoms with Crippen LogP contribution in [-0.4, -0.2) is 37.2 Å². The van der Waals surface area contributed by atoms with Gasteiger partial charge in [0.25, 0.3) is 0 Å². The molecule has 1 unspecified atom stereocenters. The van der Waals surface area contributed by atoms with Crippen LogP contribution in [0.4, 0.5) is 0 Å². The second kappa shape index (κ2) is 59.6. The van der Waals surface area contributed by atoms with Crippen LogP contribution in [0.15, 0.2) is 109 Å². The molecule has 0 spiro atoms. The Morgan fingerprint density at radius 1 is 0.292 bits per heavy atom. The smallest absolute Gasteiger partial charge is 0.306 e. The van der Waals surface area contributed by atoms with Crippen LogP contribution >= 0.6 is 0 Å². The van der Waals surface area contributed by atoms with Gasteiger partial charge in [-0.15, -0.1) is 0 Å². The first-order chi connectivity index (χ1) is 35.5. The van der Waals surface area contributed by atoms with E-state index in [1.807, 2.05) is 24.3 Å². The number of ether oxygens (including phenoxy) is 3. The van der Waals surface area contributed by atoms with Crippen molar-refractivity contribution in [2.75, 3.05) is 13.2 Å². The molecular formula is C66H110O6. The lowest BCUT2D eigenvalue weighted by molar-refractivity contribution is -0.167. The number of unbranched alkanes of at least 4 members (excludes halogenated alkanes) is 28. The van der Waals surface area contributed by atoms with Gasteiger partial charge in [0, 0.05) is 19.3 Å². The lowest BCUT2D eigenvalue weighted by Gasteiger charge is -2.18. The van der Waals surface area contributed by atoms with E-state index in [0.29, 0.717) is 12.8 Å². The van der Waals surface area contributed by atoms with Crippen molar-refractivity contribution < 1.29 is 28.6 Å². The maximum Gasteiger partial charge on any atom is 0.306 e. The van der Waals surface area contributed by atoms with Gasteiger partial charge in [0.15, 0.2) is 6.10 Å². The molecule has 0 fully saturated rings. The van der Waals surface area contributed by atoms with Crippen molar-refractivity contribution in [3.63, 3.8) is 0 Å². The molecule has 0 bridgehead atoms. The Hall–Kier alpha value is -3.93. The van der Waals surface area contributed by atoms with Crippen molar-refractivity contribution in [2.24, 2.45) is 0 Å². The van der Waals surface area contributed by atoms with E-state index >= 15 is 0 Å². The van der Waals surface area contributed by atoms with E-state index in [4.69, 9.17) is 14.2 Å². The van der Waals surface area contributed by atoms with Crippen LogP contribution in [-0.2, 0) is 28.6 Å². The number of hydrogen-bond donors (Lipinski definition) is 0. The van der Waals surface area contributed by atoms with Crippen LogP contribution in [0.5, 0.6) is 0 Å². The first-order valence-corrected chi connectivity index (χ1v) is 30.0. The Morgan fingerprint density at radius 2 is 0.597 bits per heavy atom. The van der Waals surface area contributed by atoms with Gasteiger partial charge in [-0.1, -0.05) is 265 Å². The molecule has 72 heavy (non-hydrogen) atoms. The predicted molar refractivity (Wildman–Crippen MR) is 311 cm³/mol. The largest absolute Gasteiger partial charge is 0.462 e. The van der Waals surface area contributed by atoms with E-state index in [2.05, 4.69) is 106 Å². The summed E-state index contributed by atoms with van der Waals surface area (Å²) in [7, 11) is 0. The second-order valence-corrected chi connectivity index (χ2v) is 19.7. The molecule has 0 aliphatic rings. The predicted octanol–water partition coefficient (Wildman–Crippen LogP) is 20.3. The monoisotopic (exact) mass is 999 g/mol. The summed E-state index contributed by atoms with van der Waals surface area (Å²) in [5.74, 6) is -0.989. The first-order valence-electron chi connectivity index (χ1n) is 30.0. The summed E-state index contributed by atoms with van der Waals surface area (Å²) in [5, 5.41) is 0. The molecule has 410 valence electrons. The highest BCUT2D eigenvalue weighted by Gasteiger charge is 2.19. The van der Waals surface area contributed by atoms with Gasteiger partial charge < -0.3 is 14.2 Å². The number of rotatable bonds is 53. The minimum absolute atomic E-state index is 0.108. The van der Waals surface area contributed by atoms with Crippen LogP contribution in [0.1, 0.15) is 271 Å². The Bertz CT molecular complexity index is 1470. The van der Waals surface area contributed by atoms with Crippen molar-refractivity contribution in [3.05, 3.63) is 109 Å². The van der Waals surface area contributed by atoms with E-state index in [9.17, 15) is 14.4 Å². The summed E-state index contributed by atoms with van der Waals surface area (Å²) in [6, 6.07) is 0. The van der Waals surface area contributed by atoms with Gasteiger partial charge in [0.05, 0.1) is 0 Å². The molecule has 1 atom stereocenters. The van der Waals surface area contributed by atoms with Crippen LogP contribution < -0.4 is 0 Å². The second-order valence-electron chi connectivity index (χ2n) is 19.7. The third-order valence-corrected chi connectivity index (χ3v) is 12.6. The molecule has 0 N–H and O–H groups in total. The van der Waals surface area contributed by atoms with Gasteiger partial charge in [0.2, 0.25) is 0 Å². The van der Waals surface area contributed by atoms with Gasteiger partial charge in [0.1, 0.15) is 13.2 Å². The fourth-order valence-electron chi connectivity index (χ4n) is 8.07. The summed E-state index contributed by atoms with van der Waals surface area (Å²) >= 11 is 0. The van der Waals surface area contributed by atoms with Crippen molar-refractivity contribution in [1.29, 1.82) is 0 Å². The van der Waals surface area contributed by atoms with Crippen molar-refractivity contribution in [1.82, 2.24) is 0 Å². The SMILES string of the molecule is CCC\C=C/C=C\C=C/C=C\C=C/CCCCCCCC(=O)OC(COC(=O)CCC/C=C\C/C=C\C/C=C\CCCCCCCC)COC(=O)CCCCCCCCC/C=C\CCCCCCCCCC. The molecule has 0 saturated heterocycles. The van der Waals surface area contributed by atoms with Crippen LogP contribution in [0.25, 0.3) is 0 Å². The third kappa shape index (κ3) is 57.0. The number of esters is 3. The molecule has 0 rings (SSSR count). The zero-order chi connectivity index (χ0) is 52.2. The van der Waals surface area contributed by atoms with Crippen LogP contribution in [0.3, 0.4) is 0 Å². The molecular weight excluding hydrogens is 889 g/mol. The summed E-state index contributed by atoms with van der Waals surface area (Å²) in [6.07, 6.45) is 80.8. The Kier molecular flexibility index (Phi) is 56.4. The molecule has 0 amide bonds. The third-order valence-electron chi connectivity index (χ3n) is 12.6. The van der Waals surface area contributed by atoms with E-state index in [1.165, 1.54) is 141 Å². The standard InChI is InChI=1S/C66H110O6/c1-4-7-10-13-16-19-22-25-28-31-33-36-38-41-44-47-50-53-56-59-65(68)71-62-63(61-70-64(67)58-55-52-49-46-43-40-37-34-30-27-24-21-18-15-12-9-6-3)72-66(69)60-57-54-51-48-45-42-39-35-32-29-26-23-20-17-14-11-8-5-2/h11,14,17,20,23,26-27,29-33,35,37,39-40,46,49,63H,4-10,12-13,15-16,18-19,21-22,24-25,28,34,36,38,41-45,47-48,50-62H2,1-3H3/b14-11-,20-17-,26-23-,30-27-,32-29-,33-31-,39-35-,40-37-,49-46-. The molecule has 0 saturated carbocycles. The Balaban J connectivity index is 4.52. The summed E-state index contributed by atoms with van der Waals surface area (Å²) in [4.78, 5) is 38.2. The fourth-order valence-corrected chi connectivity index (χ4v) is 8.07. The Labute approximate surface area is 444 Å². The maximum absolute atomic E-state index is 12.9. The van der Waals surface area contributed by atoms with Gasteiger partial charge in [-0.25, -0.2) is 0 Å². The molecule has 6 heteroatoms. The van der Waals surface area contributed by atoms with Crippen LogP contribution in [0, 0.1) is 0 Å². The van der Waals surface area contributed by atoms with E-state index in [1.54, 1.807) is 0 Å². The number of carbonyl (C=O) groups is 3. The molecule has 0 aliphatic heterocycles. The van der Waals surface area contributed by atoms with E-state index in [0.717, 1.165) is 83.5 Å². The van der Waals surface area contributed by atoms with Crippen molar-refractivity contribution in [3.8, 4) is 0 Å². The quantitative estimate of drug-likeness (QED) is 0.0199. The summed E-state index contributed by atoms with van der Waals surface area (Å²) < 4.78 is 16.8. The van der Waals surface area contributed by atoms with Crippen LogP contribution in [0.2, 0.25) is 0 Å². The molecule has 6 nitrogen and oxygen atoms in total. The Morgan fingerprint density at radius 3 is 1.03 bits per heavy atom. The normalized spacial score (nSPS) is 12.9. The lowest BCUT2D eigenvalue weighted by Crippen LogP contribution is -2.30. The van der Waals surface area contributed by atoms with Gasteiger partial charge in [-0.3, -0.25) is 14.4 Å². The highest BCUT2D eigenvalue weighted by molar-refractivity contribution is 5.71. The minimum Gasteiger partial charge on any atom is -0.462 e. The number of hydrogen-bond acceptors (Lipinski definition) is 6. The summed E-state index contributed by atoms with van der Waals surface area (Å²) in [6.45, 7) is 6.49. The number of allylic oxidation sites excluding steroid dienone is 18. The molecule has 0 aromatic rings. The van der Waals surface area contributed by atoms with Gasteiger partial charge in [-0.2, -0.15) is 0 Å². The van der Waals surface area contributed by atoms with E-state index in [-0.39, 0.29) is 44.0 Å². The molecule has 0 radical (unpaired) electrons. The fraction of sp³-hybridized carbons (Fsp3) is 0.682. The van der Waals surface area contributed by atoms with Gasteiger partial charge >= 0.3 is 17.9 Å². The topological polar surface area (TPSA) is 78.9 Å². The lowest BCUT2D eigenvalue weighted by atomic mass is 10.1. The molecule has 0 aromatic heterocycles. The zero-order valence-electron chi connectivity index (χ0n) is 46.9. The van der Waals surface area contributed by atoms with Crippen molar-refractivity contribution >= 4 is 17.9 Å². The zero-order valence-corrected chi connectivity index (χ0v) is 46.9. The molecule has 0 aliphatic carbocycles. The average Bonchev–Trinajstić information content (AvgIpc) is 3.38.